The Kier molecular flexibility index (Phi) is 5.16. The zero-order valence-corrected chi connectivity index (χ0v) is 13.7. The molecule has 2 rings (SSSR count). The summed E-state index contributed by atoms with van der Waals surface area (Å²) in [5.41, 5.74) is 0.598. The van der Waals surface area contributed by atoms with Crippen LogP contribution in [0.5, 0.6) is 0 Å². The molecule has 0 bridgehead atoms. The molecule has 1 saturated heterocycles. The van der Waals surface area contributed by atoms with Crippen LogP contribution >= 0.6 is 0 Å². The summed E-state index contributed by atoms with van der Waals surface area (Å²) in [6, 6.07) is 1.64. The third-order valence-corrected chi connectivity index (χ3v) is 3.63. The molecule has 0 spiro atoms. The fraction of sp³-hybridized carbons (Fsp3) is 0.588. The molecule has 1 N–H and O–H groups in total. The van der Waals surface area contributed by atoms with E-state index in [1.165, 1.54) is 19.0 Å². The van der Waals surface area contributed by atoms with E-state index in [2.05, 4.69) is 10.3 Å². The first kappa shape index (κ1) is 16.5. The largest absolute Gasteiger partial charge is 0.347 e. The molecule has 1 aromatic heterocycles. The number of aromatic nitrogens is 1. The number of carbonyl (C=O) groups is 2. The lowest BCUT2D eigenvalue weighted by Crippen LogP contribution is -2.40. The molecule has 120 valence electrons. The number of hydrogen-bond acceptors (Lipinski definition) is 3. The van der Waals surface area contributed by atoms with Crippen molar-refractivity contribution in [3.8, 4) is 0 Å². The second-order valence-corrected chi connectivity index (χ2v) is 6.87. The van der Waals surface area contributed by atoms with Gasteiger partial charge in [0.1, 0.15) is 0 Å². The summed E-state index contributed by atoms with van der Waals surface area (Å²) in [7, 11) is 0. The minimum atomic E-state index is -0.318. The zero-order valence-electron chi connectivity index (χ0n) is 13.7. The molecule has 2 heterocycles. The Bertz CT molecular complexity index is 541. The van der Waals surface area contributed by atoms with Crippen LogP contribution in [0, 0.1) is 0 Å². The Balaban J connectivity index is 2.13. The molecular weight excluding hydrogens is 278 g/mol. The fourth-order valence-electron chi connectivity index (χ4n) is 2.55. The van der Waals surface area contributed by atoms with E-state index in [-0.39, 0.29) is 17.4 Å². The van der Waals surface area contributed by atoms with E-state index in [0.717, 1.165) is 25.9 Å². The monoisotopic (exact) mass is 303 g/mol. The average molecular weight is 303 g/mol. The predicted octanol–water partition coefficient (Wildman–Crippen LogP) is 2.63. The zero-order chi connectivity index (χ0) is 16.2. The number of carbonyl (C=O) groups excluding carboxylic acids is 2. The van der Waals surface area contributed by atoms with Crippen LogP contribution < -0.4 is 5.32 Å². The number of hydrogen-bond donors (Lipinski definition) is 1. The van der Waals surface area contributed by atoms with Crippen LogP contribution in [0.15, 0.2) is 18.5 Å². The molecule has 1 aliphatic rings. The summed E-state index contributed by atoms with van der Waals surface area (Å²) >= 11 is 0. The van der Waals surface area contributed by atoms with E-state index in [4.69, 9.17) is 0 Å². The maximum atomic E-state index is 12.6. The van der Waals surface area contributed by atoms with Gasteiger partial charge in [0, 0.05) is 31.0 Å². The highest BCUT2D eigenvalue weighted by Crippen LogP contribution is 2.14. The fourth-order valence-corrected chi connectivity index (χ4v) is 2.55. The normalized spacial score (nSPS) is 16.0. The van der Waals surface area contributed by atoms with Crippen molar-refractivity contribution in [1.29, 1.82) is 0 Å². The molecule has 0 radical (unpaired) electrons. The van der Waals surface area contributed by atoms with E-state index in [1.807, 2.05) is 25.7 Å². The highest BCUT2D eigenvalue weighted by atomic mass is 16.2. The summed E-state index contributed by atoms with van der Waals surface area (Å²) < 4.78 is 0. The van der Waals surface area contributed by atoms with Crippen LogP contribution in [-0.2, 0) is 0 Å². The van der Waals surface area contributed by atoms with Crippen LogP contribution in [0.2, 0.25) is 0 Å². The lowest BCUT2D eigenvalue weighted by molar-refractivity contribution is 0.0761. The number of nitrogens with one attached hydrogen (secondary N) is 1. The van der Waals surface area contributed by atoms with Gasteiger partial charge < -0.3 is 10.2 Å². The van der Waals surface area contributed by atoms with Gasteiger partial charge in [-0.1, -0.05) is 12.8 Å². The van der Waals surface area contributed by atoms with Crippen LogP contribution in [0.25, 0.3) is 0 Å². The van der Waals surface area contributed by atoms with Crippen molar-refractivity contribution in [3.63, 3.8) is 0 Å². The Morgan fingerprint density at radius 1 is 1.05 bits per heavy atom. The molecule has 0 unspecified atom stereocenters. The first-order chi connectivity index (χ1) is 10.4. The predicted molar refractivity (Wildman–Crippen MR) is 85.8 cm³/mol. The Labute approximate surface area is 132 Å². The Morgan fingerprint density at radius 3 is 2.23 bits per heavy atom. The van der Waals surface area contributed by atoms with Crippen molar-refractivity contribution < 1.29 is 9.59 Å². The maximum absolute atomic E-state index is 12.6. The van der Waals surface area contributed by atoms with Gasteiger partial charge in [-0.2, -0.15) is 0 Å². The molecule has 1 aromatic rings. The average Bonchev–Trinajstić information content (AvgIpc) is 2.74. The third-order valence-electron chi connectivity index (χ3n) is 3.63. The molecule has 1 fully saturated rings. The van der Waals surface area contributed by atoms with Crippen LogP contribution in [0.3, 0.4) is 0 Å². The van der Waals surface area contributed by atoms with Crippen LogP contribution in [-0.4, -0.2) is 40.3 Å². The highest BCUT2D eigenvalue weighted by molar-refractivity contribution is 5.99. The highest BCUT2D eigenvalue weighted by Gasteiger charge is 2.20. The lowest BCUT2D eigenvalue weighted by Gasteiger charge is -2.22. The summed E-state index contributed by atoms with van der Waals surface area (Å²) in [6.07, 6.45) is 7.49. The van der Waals surface area contributed by atoms with Gasteiger partial charge in [0.25, 0.3) is 11.8 Å². The first-order valence-electron chi connectivity index (χ1n) is 7.94. The molecule has 0 saturated carbocycles. The van der Waals surface area contributed by atoms with E-state index in [9.17, 15) is 9.59 Å². The van der Waals surface area contributed by atoms with Crippen LogP contribution in [0.4, 0.5) is 0 Å². The second kappa shape index (κ2) is 6.90. The van der Waals surface area contributed by atoms with Gasteiger partial charge in [-0.25, -0.2) is 0 Å². The molecule has 5 nitrogen and oxygen atoms in total. The number of likely N-dealkylation sites (tertiary alicyclic amines) is 1. The van der Waals surface area contributed by atoms with Gasteiger partial charge in [0.05, 0.1) is 11.1 Å². The van der Waals surface area contributed by atoms with E-state index >= 15 is 0 Å². The van der Waals surface area contributed by atoms with Crippen molar-refractivity contribution in [2.24, 2.45) is 0 Å². The quantitative estimate of drug-likeness (QED) is 0.913. The van der Waals surface area contributed by atoms with Gasteiger partial charge in [-0.3, -0.25) is 14.6 Å². The number of rotatable bonds is 2. The molecule has 2 amide bonds. The summed E-state index contributed by atoms with van der Waals surface area (Å²) in [4.78, 5) is 30.7. The van der Waals surface area contributed by atoms with E-state index in [0.29, 0.717) is 11.1 Å². The Morgan fingerprint density at radius 2 is 1.64 bits per heavy atom. The molecule has 1 aliphatic heterocycles. The van der Waals surface area contributed by atoms with Crippen molar-refractivity contribution in [2.45, 2.75) is 52.0 Å². The van der Waals surface area contributed by atoms with Crippen molar-refractivity contribution in [3.05, 3.63) is 29.6 Å². The van der Waals surface area contributed by atoms with Gasteiger partial charge >= 0.3 is 0 Å². The van der Waals surface area contributed by atoms with E-state index < -0.39 is 0 Å². The van der Waals surface area contributed by atoms with Crippen molar-refractivity contribution >= 4 is 11.8 Å². The van der Waals surface area contributed by atoms with E-state index in [1.54, 1.807) is 12.3 Å². The second-order valence-electron chi connectivity index (χ2n) is 6.87. The van der Waals surface area contributed by atoms with Gasteiger partial charge in [0.2, 0.25) is 0 Å². The number of nitrogens with zero attached hydrogens (tertiary/aromatic N) is 2. The molecule has 0 aromatic carbocycles. The van der Waals surface area contributed by atoms with Crippen LogP contribution in [0.1, 0.15) is 67.2 Å². The summed E-state index contributed by atoms with van der Waals surface area (Å²) in [5, 5.41) is 2.89. The standard InChI is InChI=1S/C17H25N3O2/c1-17(2,3)19-15(21)13-10-14(12-18-11-13)16(22)20-8-6-4-5-7-9-20/h10-12H,4-9H2,1-3H3,(H,19,21). The van der Waals surface area contributed by atoms with Crippen molar-refractivity contribution in [1.82, 2.24) is 15.2 Å². The lowest BCUT2D eigenvalue weighted by atomic mass is 10.1. The topological polar surface area (TPSA) is 62.3 Å². The minimum absolute atomic E-state index is 0.0280. The minimum Gasteiger partial charge on any atom is -0.347 e. The molecular formula is C17H25N3O2. The molecule has 0 atom stereocenters. The smallest absolute Gasteiger partial charge is 0.255 e. The molecule has 22 heavy (non-hydrogen) atoms. The summed E-state index contributed by atoms with van der Waals surface area (Å²) in [6.45, 7) is 7.34. The van der Waals surface area contributed by atoms with Gasteiger partial charge in [-0.05, 0) is 39.7 Å². The molecule has 0 aliphatic carbocycles. The van der Waals surface area contributed by atoms with Gasteiger partial charge in [-0.15, -0.1) is 0 Å². The van der Waals surface area contributed by atoms with Crippen molar-refractivity contribution in [2.75, 3.05) is 13.1 Å². The number of pyridine rings is 1. The van der Waals surface area contributed by atoms with Gasteiger partial charge in [0.15, 0.2) is 0 Å². The SMILES string of the molecule is CC(C)(C)NC(=O)c1cncc(C(=O)N2CCCCCC2)c1. The first-order valence-corrected chi connectivity index (χ1v) is 7.94. The maximum Gasteiger partial charge on any atom is 0.255 e. The number of amides is 2. The third kappa shape index (κ3) is 4.55. The Hall–Kier alpha value is -1.91. The summed E-state index contributed by atoms with van der Waals surface area (Å²) in [5.74, 6) is -0.231. The molecule has 5 heteroatoms.